The summed E-state index contributed by atoms with van der Waals surface area (Å²) in [5.41, 5.74) is 1.80. The van der Waals surface area contributed by atoms with Gasteiger partial charge in [0.25, 0.3) is 0 Å². The Bertz CT molecular complexity index is 644. The number of aryl methyl sites for hydroxylation is 2. The molecule has 2 N–H and O–H groups in total. The zero-order chi connectivity index (χ0) is 16.8. The first-order valence-electron chi connectivity index (χ1n) is 8.01. The lowest BCUT2D eigenvalue weighted by molar-refractivity contribution is 0.189. The number of hydrogen-bond acceptors (Lipinski definition) is 5. The van der Waals surface area contributed by atoms with Crippen molar-refractivity contribution < 1.29 is 9.84 Å². The Morgan fingerprint density at radius 2 is 2.00 bits per heavy atom. The standard InChI is InChI=1S/C18H25N3O2/c1-5-15-10-18(21-13(4)20-15)19-11-17(22)14-7-6-8-16(9-14)23-12(2)3/h6-10,12,17,22H,5,11H2,1-4H3,(H,19,20,21). The summed E-state index contributed by atoms with van der Waals surface area (Å²) < 4.78 is 5.66. The predicted molar refractivity (Wildman–Crippen MR) is 91.8 cm³/mol. The van der Waals surface area contributed by atoms with Crippen LogP contribution in [0.1, 0.15) is 44.0 Å². The maximum absolute atomic E-state index is 10.4. The largest absolute Gasteiger partial charge is 0.491 e. The number of aromatic nitrogens is 2. The van der Waals surface area contributed by atoms with Crippen LogP contribution in [0.25, 0.3) is 0 Å². The van der Waals surface area contributed by atoms with Crippen molar-refractivity contribution in [3.63, 3.8) is 0 Å². The molecule has 0 saturated heterocycles. The third kappa shape index (κ3) is 5.21. The van der Waals surface area contributed by atoms with Crippen LogP contribution in [-0.4, -0.2) is 27.7 Å². The number of nitrogens with zero attached hydrogens (tertiary/aromatic N) is 2. The highest BCUT2D eigenvalue weighted by Crippen LogP contribution is 2.21. The van der Waals surface area contributed by atoms with Crippen molar-refractivity contribution in [2.24, 2.45) is 0 Å². The Morgan fingerprint density at radius 1 is 1.22 bits per heavy atom. The minimum atomic E-state index is -0.633. The van der Waals surface area contributed by atoms with Crippen molar-refractivity contribution in [3.8, 4) is 5.75 Å². The Hall–Kier alpha value is -2.14. The van der Waals surface area contributed by atoms with E-state index in [2.05, 4.69) is 22.2 Å². The minimum Gasteiger partial charge on any atom is -0.491 e. The summed E-state index contributed by atoms with van der Waals surface area (Å²) in [5, 5.41) is 13.6. The average molecular weight is 315 g/mol. The molecule has 1 heterocycles. The molecular formula is C18H25N3O2. The second kappa shape index (κ2) is 7.92. The first-order chi connectivity index (χ1) is 11.0. The van der Waals surface area contributed by atoms with Crippen LogP contribution in [0.2, 0.25) is 0 Å². The topological polar surface area (TPSA) is 67.3 Å². The molecular weight excluding hydrogens is 290 g/mol. The molecule has 124 valence electrons. The second-order valence-electron chi connectivity index (χ2n) is 5.78. The van der Waals surface area contributed by atoms with Crippen LogP contribution in [0.3, 0.4) is 0 Å². The van der Waals surface area contributed by atoms with Gasteiger partial charge in [-0.2, -0.15) is 0 Å². The number of aliphatic hydroxyl groups excluding tert-OH is 1. The van der Waals surface area contributed by atoms with E-state index in [0.717, 1.165) is 35.1 Å². The number of benzene rings is 1. The lowest BCUT2D eigenvalue weighted by Gasteiger charge is -2.15. The van der Waals surface area contributed by atoms with Crippen molar-refractivity contribution in [1.29, 1.82) is 0 Å². The maximum atomic E-state index is 10.4. The van der Waals surface area contributed by atoms with Crippen LogP contribution < -0.4 is 10.1 Å². The number of hydrogen-bond donors (Lipinski definition) is 2. The molecule has 0 fully saturated rings. The van der Waals surface area contributed by atoms with Gasteiger partial charge in [-0.05, 0) is 44.9 Å². The summed E-state index contributed by atoms with van der Waals surface area (Å²) in [5.74, 6) is 2.24. The van der Waals surface area contributed by atoms with E-state index in [1.165, 1.54) is 0 Å². The van der Waals surface area contributed by atoms with Gasteiger partial charge in [0.15, 0.2) is 0 Å². The number of anilines is 1. The van der Waals surface area contributed by atoms with Crippen LogP contribution in [0, 0.1) is 6.92 Å². The number of ether oxygens (including phenoxy) is 1. The summed E-state index contributed by atoms with van der Waals surface area (Å²) >= 11 is 0. The van der Waals surface area contributed by atoms with Crippen LogP contribution >= 0.6 is 0 Å². The summed E-state index contributed by atoms with van der Waals surface area (Å²) in [6, 6.07) is 9.46. The zero-order valence-electron chi connectivity index (χ0n) is 14.2. The van der Waals surface area contributed by atoms with Gasteiger partial charge < -0.3 is 15.2 Å². The van der Waals surface area contributed by atoms with Crippen molar-refractivity contribution in [1.82, 2.24) is 9.97 Å². The van der Waals surface area contributed by atoms with Crippen LogP contribution in [0.4, 0.5) is 5.82 Å². The number of aliphatic hydroxyl groups is 1. The van der Waals surface area contributed by atoms with Gasteiger partial charge in [-0.25, -0.2) is 9.97 Å². The molecule has 1 aromatic heterocycles. The highest BCUT2D eigenvalue weighted by atomic mass is 16.5. The normalized spacial score (nSPS) is 12.3. The second-order valence-corrected chi connectivity index (χ2v) is 5.78. The fourth-order valence-electron chi connectivity index (χ4n) is 2.29. The zero-order valence-corrected chi connectivity index (χ0v) is 14.2. The van der Waals surface area contributed by atoms with E-state index in [1.54, 1.807) is 0 Å². The van der Waals surface area contributed by atoms with E-state index in [9.17, 15) is 5.11 Å². The van der Waals surface area contributed by atoms with E-state index in [1.807, 2.05) is 51.1 Å². The van der Waals surface area contributed by atoms with Crippen molar-refractivity contribution in [2.45, 2.75) is 46.3 Å². The smallest absolute Gasteiger partial charge is 0.130 e. The van der Waals surface area contributed by atoms with E-state index in [0.29, 0.717) is 6.54 Å². The molecule has 1 aromatic carbocycles. The Balaban J connectivity index is 2.02. The molecule has 0 spiro atoms. The Kier molecular flexibility index (Phi) is 5.93. The van der Waals surface area contributed by atoms with E-state index >= 15 is 0 Å². The van der Waals surface area contributed by atoms with Gasteiger partial charge >= 0.3 is 0 Å². The quantitative estimate of drug-likeness (QED) is 0.821. The molecule has 1 atom stereocenters. The first-order valence-corrected chi connectivity index (χ1v) is 8.01. The third-order valence-corrected chi connectivity index (χ3v) is 3.34. The molecule has 1 unspecified atom stereocenters. The van der Waals surface area contributed by atoms with Crippen LogP contribution in [0.5, 0.6) is 5.75 Å². The van der Waals surface area contributed by atoms with Crippen molar-refractivity contribution in [2.75, 3.05) is 11.9 Å². The summed E-state index contributed by atoms with van der Waals surface area (Å²) in [4.78, 5) is 8.69. The van der Waals surface area contributed by atoms with Crippen molar-refractivity contribution >= 4 is 5.82 Å². The highest BCUT2D eigenvalue weighted by Gasteiger charge is 2.10. The van der Waals surface area contributed by atoms with Gasteiger partial charge in [0, 0.05) is 18.3 Å². The fourth-order valence-corrected chi connectivity index (χ4v) is 2.29. The summed E-state index contributed by atoms with van der Waals surface area (Å²) in [7, 11) is 0. The van der Waals surface area contributed by atoms with Gasteiger partial charge in [-0.3, -0.25) is 0 Å². The molecule has 2 rings (SSSR count). The molecule has 0 aliphatic rings. The third-order valence-electron chi connectivity index (χ3n) is 3.34. The molecule has 0 saturated carbocycles. The molecule has 5 nitrogen and oxygen atoms in total. The van der Waals surface area contributed by atoms with Crippen molar-refractivity contribution in [3.05, 3.63) is 47.4 Å². The molecule has 2 aromatic rings. The number of rotatable bonds is 7. The predicted octanol–water partition coefficient (Wildman–Crippen LogP) is 3.28. The summed E-state index contributed by atoms with van der Waals surface area (Å²) in [6.45, 7) is 8.26. The van der Waals surface area contributed by atoms with Gasteiger partial charge in [-0.15, -0.1) is 0 Å². The number of nitrogens with one attached hydrogen (secondary N) is 1. The van der Waals surface area contributed by atoms with Crippen LogP contribution in [-0.2, 0) is 6.42 Å². The SMILES string of the molecule is CCc1cc(NCC(O)c2cccc(OC(C)C)c2)nc(C)n1. The molecule has 0 bridgehead atoms. The van der Waals surface area contributed by atoms with Gasteiger partial charge in [0.05, 0.1) is 12.2 Å². The van der Waals surface area contributed by atoms with E-state index < -0.39 is 6.10 Å². The molecule has 5 heteroatoms. The highest BCUT2D eigenvalue weighted by molar-refractivity contribution is 5.37. The van der Waals surface area contributed by atoms with Gasteiger partial charge in [0.1, 0.15) is 17.4 Å². The lowest BCUT2D eigenvalue weighted by atomic mass is 10.1. The fraction of sp³-hybridized carbons (Fsp3) is 0.444. The molecule has 0 amide bonds. The Labute approximate surface area is 137 Å². The van der Waals surface area contributed by atoms with Gasteiger partial charge in [0.2, 0.25) is 0 Å². The molecule has 0 aliphatic heterocycles. The first kappa shape index (κ1) is 17.2. The minimum absolute atomic E-state index is 0.108. The van der Waals surface area contributed by atoms with Gasteiger partial charge in [-0.1, -0.05) is 19.1 Å². The van der Waals surface area contributed by atoms with Crippen LogP contribution in [0.15, 0.2) is 30.3 Å². The van der Waals surface area contributed by atoms with E-state index in [4.69, 9.17) is 4.74 Å². The Morgan fingerprint density at radius 3 is 2.70 bits per heavy atom. The monoisotopic (exact) mass is 315 g/mol. The molecule has 0 aliphatic carbocycles. The molecule has 0 radical (unpaired) electrons. The lowest BCUT2D eigenvalue weighted by Crippen LogP contribution is -2.14. The molecule has 23 heavy (non-hydrogen) atoms. The van der Waals surface area contributed by atoms with E-state index in [-0.39, 0.29) is 6.10 Å². The maximum Gasteiger partial charge on any atom is 0.130 e. The average Bonchev–Trinajstić information content (AvgIpc) is 2.51. The summed E-state index contributed by atoms with van der Waals surface area (Å²) in [6.07, 6.45) is 0.331.